The molecule has 90 valence electrons. The van der Waals surface area contributed by atoms with Gasteiger partial charge in [-0.2, -0.15) is 5.26 Å². The van der Waals surface area contributed by atoms with E-state index < -0.39 is 0 Å². The van der Waals surface area contributed by atoms with Gasteiger partial charge in [0.1, 0.15) is 0 Å². The van der Waals surface area contributed by atoms with Crippen molar-refractivity contribution >= 4 is 50.5 Å². The van der Waals surface area contributed by atoms with Gasteiger partial charge in [0, 0.05) is 5.38 Å². The Balaban J connectivity index is 2.24. The third-order valence-electron chi connectivity index (χ3n) is 2.17. The van der Waals surface area contributed by atoms with Gasteiger partial charge in [-0.15, -0.1) is 11.3 Å². The first-order valence-corrected chi connectivity index (χ1v) is 6.90. The molecule has 0 unspecified atom stereocenters. The lowest BCUT2D eigenvalue weighted by Crippen LogP contribution is -2.11. The number of thiophene rings is 1. The van der Waals surface area contributed by atoms with E-state index in [1.54, 1.807) is 29.6 Å². The van der Waals surface area contributed by atoms with Gasteiger partial charge < -0.3 is 5.32 Å². The summed E-state index contributed by atoms with van der Waals surface area (Å²) in [7, 11) is 0. The topological polar surface area (TPSA) is 52.9 Å². The Kier molecular flexibility index (Phi) is 4.02. The SMILES string of the molecule is N#Cc1ccc(Cl)c(NC(=O)c2csc(Br)c2)c1. The number of carbonyl (C=O) groups excluding carboxylic acids is 1. The minimum Gasteiger partial charge on any atom is -0.321 e. The van der Waals surface area contributed by atoms with Crippen molar-refractivity contribution in [3.05, 3.63) is 49.6 Å². The van der Waals surface area contributed by atoms with Crippen LogP contribution in [0.2, 0.25) is 5.02 Å². The summed E-state index contributed by atoms with van der Waals surface area (Å²) >= 11 is 10.7. The van der Waals surface area contributed by atoms with Crippen molar-refractivity contribution < 1.29 is 4.79 Å². The fourth-order valence-electron chi connectivity index (χ4n) is 1.31. The van der Waals surface area contributed by atoms with Gasteiger partial charge in [-0.3, -0.25) is 4.79 Å². The van der Waals surface area contributed by atoms with Crippen molar-refractivity contribution in [3.63, 3.8) is 0 Å². The third-order valence-corrected chi connectivity index (χ3v) is 4.01. The Hall–Kier alpha value is -1.35. The van der Waals surface area contributed by atoms with Gasteiger partial charge in [-0.05, 0) is 40.2 Å². The fraction of sp³-hybridized carbons (Fsp3) is 0. The zero-order chi connectivity index (χ0) is 13.1. The number of anilines is 1. The summed E-state index contributed by atoms with van der Waals surface area (Å²) < 4.78 is 0.879. The van der Waals surface area contributed by atoms with E-state index in [-0.39, 0.29) is 5.91 Å². The summed E-state index contributed by atoms with van der Waals surface area (Å²) in [4.78, 5) is 11.9. The molecule has 1 aromatic heterocycles. The molecule has 0 saturated carbocycles. The third kappa shape index (κ3) is 2.91. The first kappa shape index (κ1) is 13.1. The Morgan fingerprint density at radius 2 is 2.22 bits per heavy atom. The number of benzene rings is 1. The highest BCUT2D eigenvalue weighted by Gasteiger charge is 2.10. The highest BCUT2D eigenvalue weighted by Crippen LogP contribution is 2.25. The van der Waals surface area contributed by atoms with Gasteiger partial charge in [0.15, 0.2) is 0 Å². The Labute approximate surface area is 121 Å². The summed E-state index contributed by atoms with van der Waals surface area (Å²) in [6.07, 6.45) is 0. The molecule has 2 aromatic rings. The van der Waals surface area contributed by atoms with E-state index in [0.29, 0.717) is 21.8 Å². The molecule has 1 N–H and O–H groups in total. The molecule has 1 heterocycles. The number of nitriles is 1. The number of carbonyl (C=O) groups is 1. The van der Waals surface area contributed by atoms with Gasteiger partial charge >= 0.3 is 0 Å². The predicted octanol–water partition coefficient (Wildman–Crippen LogP) is 4.29. The summed E-state index contributed by atoms with van der Waals surface area (Å²) in [6.45, 7) is 0. The van der Waals surface area contributed by atoms with Gasteiger partial charge in [0.25, 0.3) is 5.91 Å². The lowest BCUT2D eigenvalue weighted by atomic mass is 10.2. The molecule has 0 aliphatic heterocycles. The molecular weight excluding hydrogens is 336 g/mol. The van der Waals surface area contributed by atoms with Gasteiger partial charge in [-0.1, -0.05) is 11.6 Å². The van der Waals surface area contributed by atoms with Crippen LogP contribution < -0.4 is 5.32 Å². The van der Waals surface area contributed by atoms with Crippen molar-refractivity contribution in [1.29, 1.82) is 5.26 Å². The van der Waals surface area contributed by atoms with Crippen LogP contribution in [0.5, 0.6) is 0 Å². The highest BCUT2D eigenvalue weighted by molar-refractivity contribution is 9.11. The minimum atomic E-state index is -0.256. The average molecular weight is 342 g/mol. The van der Waals surface area contributed by atoms with E-state index in [9.17, 15) is 4.79 Å². The van der Waals surface area contributed by atoms with E-state index in [4.69, 9.17) is 16.9 Å². The molecule has 0 fully saturated rings. The molecule has 0 saturated heterocycles. The van der Waals surface area contributed by atoms with Crippen LogP contribution in [0.15, 0.2) is 33.4 Å². The number of nitrogens with zero attached hydrogens (tertiary/aromatic N) is 1. The van der Waals surface area contributed by atoms with E-state index >= 15 is 0 Å². The van der Waals surface area contributed by atoms with Gasteiger partial charge in [0.2, 0.25) is 0 Å². The Bertz CT molecular complexity index is 648. The molecule has 1 amide bonds. The molecule has 6 heteroatoms. The van der Waals surface area contributed by atoms with E-state index in [2.05, 4.69) is 21.2 Å². The lowest BCUT2D eigenvalue weighted by molar-refractivity contribution is 0.102. The van der Waals surface area contributed by atoms with Crippen molar-refractivity contribution in [2.24, 2.45) is 0 Å². The molecule has 0 spiro atoms. The van der Waals surface area contributed by atoms with E-state index in [1.165, 1.54) is 11.3 Å². The molecule has 0 atom stereocenters. The van der Waals surface area contributed by atoms with Crippen molar-refractivity contribution in [1.82, 2.24) is 0 Å². The van der Waals surface area contributed by atoms with Crippen LogP contribution >= 0.6 is 38.9 Å². The Morgan fingerprint density at radius 1 is 1.44 bits per heavy atom. The zero-order valence-corrected chi connectivity index (χ0v) is 12.1. The van der Waals surface area contributed by atoms with Crippen molar-refractivity contribution in [2.75, 3.05) is 5.32 Å². The van der Waals surface area contributed by atoms with Crippen LogP contribution in [0.25, 0.3) is 0 Å². The van der Waals surface area contributed by atoms with Crippen LogP contribution in [-0.2, 0) is 0 Å². The normalized spacial score (nSPS) is 9.83. The fourth-order valence-corrected chi connectivity index (χ4v) is 2.62. The Morgan fingerprint density at radius 3 is 2.83 bits per heavy atom. The second-order valence-corrected chi connectivity index (χ2v) is 6.10. The molecule has 0 aliphatic rings. The van der Waals surface area contributed by atoms with E-state index in [0.717, 1.165) is 3.79 Å². The van der Waals surface area contributed by atoms with Gasteiger partial charge in [-0.25, -0.2) is 0 Å². The monoisotopic (exact) mass is 340 g/mol. The molecule has 3 nitrogen and oxygen atoms in total. The second-order valence-electron chi connectivity index (χ2n) is 3.40. The summed E-state index contributed by atoms with van der Waals surface area (Å²) in [5, 5.41) is 13.6. The largest absolute Gasteiger partial charge is 0.321 e. The summed E-state index contributed by atoms with van der Waals surface area (Å²) in [5.41, 5.74) is 1.43. The predicted molar refractivity (Wildman–Crippen MR) is 76.1 cm³/mol. The number of halogens is 2. The molecule has 0 aliphatic carbocycles. The second kappa shape index (κ2) is 5.53. The number of nitrogens with one attached hydrogen (secondary N) is 1. The molecular formula is C12H6BrClN2OS. The summed E-state index contributed by atoms with van der Waals surface area (Å²) in [6, 6.07) is 8.44. The van der Waals surface area contributed by atoms with Crippen LogP contribution in [-0.4, -0.2) is 5.91 Å². The molecule has 0 radical (unpaired) electrons. The van der Waals surface area contributed by atoms with Crippen molar-refractivity contribution in [2.45, 2.75) is 0 Å². The average Bonchev–Trinajstić information content (AvgIpc) is 2.79. The van der Waals surface area contributed by atoms with Crippen LogP contribution in [0.4, 0.5) is 5.69 Å². The number of amides is 1. The number of hydrogen-bond donors (Lipinski definition) is 1. The maximum absolute atomic E-state index is 11.9. The molecule has 18 heavy (non-hydrogen) atoms. The molecule has 1 aromatic carbocycles. The first-order chi connectivity index (χ1) is 8.60. The summed E-state index contributed by atoms with van der Waals surface area (Å²) in [5.74, 6) is -0.256. The first-order valence-electron chi connectivity index (χ1n) is 4.85. The van der Waals surface area contributed by atoms with Crippen LogP contribution in [0.1, 0.15) is 15.9 Å². The maximum Gasteiger partial charge on any atom is 0.256 e. The standard InChI is InChI=1S/C12H6BrClN2OS/c13-11-4-8(6-18-11)12(17)16-10-3-7(5-15)1-2-9(10)14/h1-4,6H,(H,16,17). The quantitative estimate of drug-likeness (QED) is 0.886. The number of rotatable bonds is 2. The van der Waals surface area contributed by atoms with Crippen molar-refractivity contribution in [3.8, 4) is 6.07 Å². The molecule has 0 bridgehead atoms. The minimum absolute atomic E-state index is 0.256. The molecule has 2 rings (SSSR count). The maximum atomic E-state index is 11.9. The smallest absolute Gasteiger partial charge is 0.256 e. The van der Waals surface area contributed by atoms with E-state index in [1.807, 2.05) is 6.07 Å². The zero-order valence-electron chi connectivity index (χ0n) is 8.91. The van der Waals surface area contributed by atoms with Gasteiger partial charge in [0.05, 0.1) is 31.7 Å². The van der Waals surface area contributed by atoms with Crippen LogP contribution in [0.3, 0.4) is 0 Å². The van der Waals surface area contributed by atoms with Crippen LogP contribution in [0, 0.1) is 11.3 Å². The number of hydrogen-bond acceptors (Lipinski definition) is 3. The highest BCUT2D eigenvalue weighted by atomic mass is 79.9. The lowest BCUT2D eigenvalue weighted by Gasteiger charge is -2.06.